The minimum absolute atomic E-state index is 0.164. The Morgan fingerprint density at radius 3 is 2.23 bits per heavy atom. The van der Waals surface area contributed by atoms with Gasteiger partial charge in [-0.2, -0.15) is 0 Å². The number of hydrogen-bond donors (Lipinski definition) is 0. The van der Waals surface area contributed by atoms with Crippen molar-refractivity contribution in [3.8, 4) is 5.75 Å². The van der Waals surface area contributed by atoms with E-state index in [4.69, 9.17) is 9.15 Å². The van der Waals surface area contributed by atoms with Crippen LogP contribution in [0.5, 0.6) is 5.75 Å². The summed E-state index contributed by atoms with van der Waals surface area (Å²) in [7, 11) is 0. The third-order valence-electron chi connectivity index (χ3n) is 5.43. The molecule has 0 aliphatic carbocycles. The number of ether oxygens (including phenoxy) is 1. The van der Waals surface area contributed by atoms with Crippen LogP contribution in [0.4, 0.5) is 0 Å². The number of para-hydroxylation sites is 1. The molecule has 0 radical (unpaired) electrons. The summed E-state index contributed by atoms with van der Waals surface area (Å²) in [5.41, 5.74) is 1.32. The zero-order valence-electron chi connectivity index (χ0n) is 16.3. The van der Waals surface area contributed by atoms with E-state index in [9.17, 15) is 14.9 Å². The second-order valence-corrected chi connectivity index (χ2v) is 7.31. The fraction of sp³-hybridized carbons (Fsp3) is 0.0800. The number of nitrogens with zero attached hydrogens (tertiary/aromatic N) is 1. The highest BCUT2D eigenvalue weighted by molar-refractivity contribution is 5.85. The van der Waals surface area contributed by atoms with Crippen LogP contribution < -0.4 is 10.4 Å². The van der Waals surface area contributed by atoms with Crippen LogP contribution in [0.2, 0.25) is 0 Å². The summed E-state index contributed by atoms with van der Waals surface area (Å²) in [6.45, 7) is 0. The lowest BCUT2D eigenvalue weighted by Crippen LogP contribution is -2.39. The molecule has 0 fully saturated rings. The fourth-order valence-electron chi connectivity index (χ4n) is 4.08. The molecular formula is C25H17NO5. The van der Waals surface area contributed by atoms with Crippen molar-refractivity contribution in [2.75, 3.05) is 0 Å². The maximum Gasteiger partial charge on any atom is 0.344 e. The summed E-state index contributed by atoms with van der Waals surface area (Å²) in [5.74, 6) is -0.370. The van der Waals surface area contributed by atoms with Crippen LogP contribution in [0, 0.1) is 10.1 Å². The first-order chi connectivity index (χ1) is 15.1. The van der Waals surface area contributed by atoms with Crippen molar-refractivity contribution in [1.29, 1.82) is 0 Å². The molecule has 152 valence electrons. The van der Waals surface area contributed by atoms with E-state index in [0.717, 1.165) is 5.56 Å². The molecular weight excluding hydrogens is 394 g/mol. The zero-order chi connectivity index (χ0) is 21.4. The number of fused-ring (bicyclic) bond motifs is 3. The quantitative estimate of drug-likeness (QED) is 0.269. The highest BCUT2D eigenvalue weighted by atomic mass is 16.6. The summed E-state index contributed by atoms with van der Waals surface area (Å²) in [6.07, 6.45) is 1.66. The highest BCUT2D eigenvalue weighted by Gasteiger charge is 2.47. The number of rotatable bonds is 3. The molecule has 2 heterocycles. The van der Waals surface area contributed by atoms with Crippen LogP contribution in [0.1, 0.15) is 22.6 Å². The van der Waals surface area contributed by atoms with Crippen molar-refractivity contribution >= 4 is 17.0 Å². The first-order valence-corrected chi connectivity index (χ1v) is 9.82. The molecule has 3 aromatic carbocycles. The Bertz CT molecular complexity index is 1360. The summed E-state index contributed by atoms with van der Waals surface area (Å²) in [5, 5.41) is 12.9. The topological polar surface area (TPSA) is 82.6 Å². The van der Waals surface area contributed by atoms with Gasteiger partial charge in [-0.3, -0.25) is 10.1 Å². The van der Waals surface area contributed by atoms with E-state index in [-0.39, 0.29) is 11.3 Å². The van der Waals surface area contributed by atoms with E-state index in [1.54, 1.807) is 48.5 Å². The lowest BCUT2D eigenvalue weighted by atomic mass is 9.82. The fourth-order valence-corrected chi connectivity index (χ4v) is 4.08. The van der Waals surface area contributed by atoms with Crippen LogP contribution in [-0.2, 0) is 0 Å². The molecule has 1 aromatic heterocycles. The molecule has 1 aliphatic heterocycles. The van der Waals surface area contributed by atoms with Gasteiger partial charge in [0.25, 0.3) is 6.04 Å². The van der Waals surface area contributed by atoms with E-state index in [0.29, 0.717) is 22.3 Å². The van der Waals surface area contributed by atoms with Crippen LogP contribution in [0.15, 0.2) is 99.9 Å². The molecule has 0 saturated heterocycles. The Morgan fingerprint density at radius 1 is 0.871 bits per heavy atom. The maximum atomic E-state index is 13.0. The molecule has 6 heteroatoms. The van der Waals surface area contributed by atoms with Crippen molar-refractivity contribution in [2.45, 2.75) is 12.0 Å². The van der Waals surface area contributed by atoms with Crippen LogP contribution >= 0.6 is 0 Å². The normalized spacial score (nSPS) is 19.0. The number of benzene rings is 3. The number of nitro groups is 1. The SMILES string of the molecule is O=c1oc2ccccc2c2c1[C@H](c1ccccc1)[C@@H]([N+](=O)[O-])/C(=C\c1ccccc1)O2. The van der Waals surface area contributed by atoms with Crippen molar-refractivity contribution in [1.82, 2.24) is 0 Å². The lowest BCUT2D eigenvalue weighted by molar-refractivity contribution is -0.519. The summed E-state index contributed by atoms with van der Waals surface area (Å²) >= 11 is 0. The second kappa shape index (κ2) is 7.57. The molecule has 0 spiro atoms. The van der Waals surface area contributed by atoms with E-state index in [1.165, 1.54) is 0 Å². The summed E-state index contributed by atoms with van der Waals surface area (Å²) in [4.78, 5) is 24.9. The minimum atomic E-state index is -1.28. The first-order valence-electron chi connectivity index (χ1n) is 9.82. The molecule has 0 saturated carbocycles. The Balaban J connectivity index is 1.84. The molecule has 5 rings (SSSR count). The highest BCUT2D eigenvalue weighted by Crippen LogP contribution is 2.45. The van der Waals surface area contributed by atoms with Gasteiger partial charge < -0.3 is 9.15 Å². The third-order valence-corrected chi connectivity index (χ3v) is 5.43. The zero-order valence-corrected chi connectivity index (χ0v) is 16.3. The van der Waals surface area contributed by atoms with E-state index < -0.39 is 22.5 Å². The molecule has 6 nitrogen and oxygen atoms in total. The van der Waals surface area contributed by atoms with Crippen LogP contribution in [0.3, 0.4) is 0 Å². The van der Waals surface area contributed by atoms with Gasteiger partial charge in [-0.25, -0.2) is 4.79 Å². The van der Waals surface area contributed by atoms with Gasteiger partial charge in [0.1, 0.15) is 11.3 Å². The Hall–Kier alpha value is -4.19. The van der Waals surface area contributed by atoms with E-state index >= 15 is 0 Å². The number of hydrogen-bond acceptors (Lipinski definition) is 5. The molecule has 4 aromatic rings. The first kappa shape index (κ1) is 18.8. The average Bonchev–Trinajstić information content (AvgIpc) is 2.79. The molecule has 31 heavy (non-hydrogen) atoms. The van der Waals surface area contributed by atoms with Crippen molar-refractivity contribution in [2.24, 2.45) is 0 Å². The summed E-state index contributed by atoms with van der Waals surface area (Å²) < 4.78 is 11.6. The van der Waals surface area contributed by atoms with Crippen molar-refractivity contribution in [3.63, 3.8) is 0 Å². The minimum Gasteiger partial charge on any atom is -0.453 e. The summed E-state index contributed by atoms with van der Waals surface area (Å²) in [6, 6.07) is 24.0. The predicted molar refractivity (Wildman–Crippen MR) is 117 cm³/mol. The standard InChI is InChI=1S/C25H17NO5/c27-25-22-21(17-11-5-2-6-12-17)23(26(28)29)20(15-16-9-3-1-4-10-16)30-24(22)18-13-7-8-14-19(18)31-25/h1-15,21,23H/b20-15+/t21-,23-/m0/s1. The Morgan fingerprint density at radius 2 is 1.52 bits per heavy atom. The van der Waals surface area contributed by atoms with Crippen molar-refractivity contribution in [3.05, 3.63) is 128 Å². The van der Waals surface area contributed by atoms with Gasteiger partial charge in [-0.05, 0) is 29.3 Å². The second-order valence-electron chi connectivity index (χ2n) is 7.31. The molecule has 1 aliphatic rings. The Labute approximate surface area is 177 Å². The van der Waals surface area contributed by atoms with Crippen molar-refractivity contribution < 1.29 is 14.1 Å². The molecule has 0 amide bonds. The molecule has 0 unspecified atom stereocenters. The van der Waals surface area contributed by atoms with Gasteiger partial charge in [-0.1, -0.05) is 72.8 Å². The van der Waals surface area contributed by atoms with E-state index in [2.05, 4.69) is 0 Å². The molecule has 2 atom stereocenters. The van der Waals surface area contributed by atoms with Gasteiger partial charge in [0, 0.05) is 4.92 Å². The molecule has 0 N–H and O–H groups in total. The van der Waals surface area contributed by atoms with Gasteiger partial charge in [0.05, 0.1) is 16.9 Å². The van der Waals surface area contributed by atoms with Crippen LogP contribution in [0.25, 0.3) is 17.0 Å². The maximum absolute atomic E-state index is 13.0. The monoisotopic (exact) mass is 411 g/mol. The van der Waals surface area contributed by atoms with Gasteiger partial charge >= 0.3 is 5.63 Å². The third kappa shape index (κ3) is 3.28. The molecule has 0 bridgehead atoms. The lowest BCUT2D eigenvalue weighted by Gasteiger charge is -2.30. The van der Waals surface area contributed by atoms with Crippen LogP contribution in [-0.4, -0.2) is 11.0 Å². The predicted octanol–water partition coefficient (Wildman–Crippen LogP) is 5.00. The van der Waals surface area contributed by atoms with Gasteiger partial charge in [-0.15, -0.1) is 0 Å². The average molecular weight is 411 g/mol. The van der Waals surface area contributed by atoms with Gasteiger partial charge in [0.15, 0.2) is 5.76 Å². The Kier molecular flexibility index (Phi) is 4.59. The van der Waals surface area contributed by atoms with Gasteiger partial charge in [0.2, 0.25) is 0 Å². The largest absolute Gasteiger partial charge is 0.453 e. The van der Waals surface area contributed by atoms with E-state index in [1.807, 2.05) is 42.5 Å². The smallest absolute Gasteiger partial charge is 0.344 e.